The number of benzene rings is 2. The number of rotatable bonds is 3. The number of hydrogen-bond donors (Lipinski definition) is 1. The summed E-state index contributed by atoms with van der Waals surface area (Å²) < 4.78 is 13.1. The number of halogens is 1. The second-order valence-corrected chi connectivity index (χ2v) is 6.64. The Labute approximate surface area is 139 Å². The lowest BCUT2D eigenvalue weighted by Crippen LogP contribution is -2.34. The summed E-state index contributed by atoms with van der Waals surface area (Å²) in [6.07, 6.45) is 0.976. The monoisotopic (exact) mass is 330 g/mol. The Balaban J connectivity index is 1.71. The van der Waals surface area contributed by atoms with Gasteiger partial charge in [0.15, 0.2) is 0 Å². The number of anilines is 1. The van der Waals surface area contributed by atoms with E-state index in [0.717, 1.165) is 23.4 Å². The quantitative estimate of drug-likeness (QED) is 0.887. The minimum atomic E-state index is -0.260. The predicted octanol–water partition coefficient (Wildman–Crippen LogP) is 4.67. The van der Waals surface area contributed by atoms with Crippen LogP contribution in [0.15, 0.2) is 48.5 Å². The van der Waals surface area contributed by atoms with Gasteiger partial charge < -0.3 is 10.2 Å². The predicted molar refractivity (Wildman–Crippen MR) is 93.1 cm³/mol. The van der Waals surface area contributed by atoms with Gasteiger partial charge in [0.05, 0.1) is 0 Å². The van der Waals surface area contributed by atoms with Gasteiger partial charge in [0.1, 0.15) is 11.2 Å². The Bertz CT molecular complexity index is 672. The maximum Gasteiger partial charge on any atom is 0.323 e. The van der Waals surface area contributed by atoms with Gasteiger partial charge in [0.25, 0.3) is 0 Å². The number of carbonyl (C=O) groups excluding carboxylic acids is 1. The first kappa shape index (κ1) is 15.9. The Morgan fingerprint density at radius 2 is 1.91 bits per heavy atom. The second-order valence-electron chi connectivity index (χ2n) is 5.45. The van der Waals surface area contributed by atoms with Crippen LogP contribution in [0.4, 0.5) is 14.9 Å². The van der Waals surface area contributed by atoms with Gasteiger partial charge in [0, 0.05) is 18.0 Å². The van der Waals surface area contributed by atoms with E-state index in [1.54, 1.807) is 28.8 Å². The smallest absolute Gasteiger partial charge is 0.308 e. The molecule has 0 spiro atoms. The number of urea groups is 1. The van der Waals surface area contributed by atoms with Gasteiger partial charge in [-0.1, -0.05) is 31.2 Å². The van der Waals surface area contributed by atoms with Crippen LogP contribution < -0.4 is 5.32 Å². The fraction of sp³-hybridized carbons (Fsp3) is 0.278. The average Bonchev–Trinajstić information content (AvgIpc) is 3.06. The van der Waals surface area contributed by atoms with Crippen molar-refractivity contribution in [3.63, 3.8) is 0 Å². The van der Waals surface area contributed by atoms with E-state index in [-0.39, 0.29) is 17.2 Å². The number of amides is 2. The molecule has 0 saturated carbocycles. The van der Waals surface area contributed by atoms with Crippen LogP contribution in [-0.2, 0) is 6.42 Å². The molecule has 1 N–H and O–H groups in total. The van der Waals surface area contributed by atoms with E-state index in [1.165, 1.54) is 17.7 Å². The summed E-state index contributed by atoms with van der Waals surface area (Å²) in [5, 5.41) is 2.88. The average molecular weight is 330 g/mol. The summed E-state index contributed by atoms with van der Waals surface area (Å²) in [6, 6.07) is 14.1. The lowest BCUT2D eigenvalue weighted by molar-refractivity contribution is 0.214. The molecule has 2 aromatic rings. The molecule has 1 aliphatic rings. The van der Waals surface area contributed by atoms with Crippen molar-refractivity contribution in [3.8, 4) is 0 Å². The van der Waals surface area contributed by atoms with Crippen molar-refractivity contribution in [2.75, 3.05) is 17.6 Å². The van der Waals surface area contributed by atoms with Gasteiger partial charge in [-0.05, 0) is 41.8 Å². The standard InChI is InChI=1S/C18H19FN2OS/c1-2-13-3-9-16(10-4-13)20-18(22)21-11-12-23-17(21)14-5-7-15(19)8-6-14/h3-10,17H,2,11-12H2,1H3,(H,20,22). The molecule has 0 aliphatic carbocycles. The zero-order chi connectivity index (χ0) is 16.2. The number of nitrogens with one attached hydrogen (secondary N) is 1. The van der Waals surface area contributed by atoms with Crippen molar-refractivity contribution in [3.05, 3.63) is 65.5 Å². The van der Waals surface area contributed by atoms with Crippen LogP contribution in [0.5, 0.6) is 0 Å². The third-order valence-corrected chi connectivity index (χ3v) is 5.18. The molecule has 1 fully saturated rings. The maximum atomic E-state index is 13.1. The highest BCUT2D eigenvalue weighted by Crippen LogP contribution is 2.38. The topological polar surface area (TPSA) is 32.3 Å². The van der Waals surface area contributed by atoms with Crippen molar-refractivity contribution in [2.45, 2.75) is 18.7 Å². The molecule has 1 saturated heterocycles. The van der Waals surface area contributed by atoms with Gasteiger partial charge in [-0.15, -0.1) is 11.8 Å². The van der Waals surface area contributed by atoms with Gasteiger partial charge in [-0.25, -0.2) is 9.18 Å². The van der Waals surface area contributed by atoms with E-state index < -0.39 is 0 Å². The molecule has 1 atom stereocenters. The number of carbonyl (C=O) groups is 1. The first-order valence-electron chi connectivity index (χ1n) is 7.71. The van der Waals surface area contributed by atoms with Crippen molar-refractivity contribution < 1.29 is 9.18 Å². The highest BCUT2D eigenvalue weighted by Gasteiger charge is 2.30. The lowest BCUT2D eigenvalue weighted by atomic mass is 10.1. The molecule has 3 rings (SSSR count). The highest BCUT2D eigenvalue weighted by atomic mass is 32.2. The molecule has 1 unspecified atom stereocenters. The number of hydrogen-bond acceptors (Lipinski definition) is 2. The van der Waals surface area contributed by atoms with Gasteiger partial charge in [0.2, 0.25) is 0 Å². The summed E-state index contributed by atoms with van der Waals surface area (Å²) >= 11 is 1.70. The second kappa shape index (κ2) is 7.04. The van der Waals surface area contributed by atoms with Crippen LogP contribution >= 0.6 is 11.8 Å². The van der Waals surface area contributed by atoms with E-state index in [4.69, 9.17) is 0 Å². The third-order valence-electron chi connectivity index (χ3n) is 3.92. The fourth-order valence-corrected chi connectivity index (χ4v) is 3.86. The first-order valence-corrected chi connectivity index (χ1v) is 8.76. The van der Waals surface area contributed by atoms with Crippen molar-refractivity contribution in [1.82, 2.24) is 4.90 Å². The molecule has 5 heteroatoms. The Hall–Kier alpha value is -2.01. The van der Waals surface area contributed by atoms with Crippen LogP contribution in [0.2, 0.25) is 0 Å². The molecule has 120 valence electrons. The number of thioether (sulfide) groups is 1. The molecular formula is C18H19FN2OS. The molecule has 0 radical (unpaired) electrons. The molecule has 2 amide bonds. The largest absolute Gasteiger partial charge is 0.323 e. The minimum absolute atomic E-state index is 0.0643. The Morgan fingerprint density at radius 3 is 2.57 bits per heavy atom. The highest BCUT2D eigenvalue weighted by molar-refractivity contribution is 7.99. The van der Waals surface area contributed by atoms with Crippen LogP contribution in [0.25, 0.3) is 0 Å². The molecule has 0 bridgehead atoms. The first-order chi connectivity index (χ1) is 11.2. The fourth-order valence-electron chi connectivity index (χ4n) is 2.60. The SMILES string of the molecule is CCc1ccc(NC(=O)N2CCSC2c2ccc(F)cc2)cc1. The van der Waals surface area contributed by atoms with Crippen LogP contribution in [-0.4, -0.2) is 23.2 Å². The van der Waals surface area contributed by atoms with E-state index in [9.17, 15) is 9.18 Å². The minimum Gasteiger partial charge on any atom is -0.308 e. The summed E-state index contributed by atoms with van der Waals surface area (Å²) in [6.45, 7) is 2.79. The zero-order valence-corrected chi connectivity index (χ0v) is 13.8. The van der Waals surface area contributed by atoms with Crippen LogP contribution in [0.1, 0.15) is 23.4 Å². The summed E-state index contributed by atoms with van der Waals surface area (Å²) in [4.78, 5) is 14.3. The maximum absolute atomic E-state index is 13.1. The summed E-state index contributed by atoms with van der Waals surface area (Å²) in [5.74, 6) is 0.619. The van der Waals surface area contributed by atoms with E-state index in [2.05, 4.69) is 12.2 Å². The van der Waals surface area contributed by atoms with Crippen LogP contribution in [0.3, 0.4) is 0 Å². The van der Waals surface area contributed by atoms with Crippen molar-refractivity contribution in [1.29, 1.82) is 0 Å². The molecular weight excluding hydrogens is 311 g/mol. The summed E-state index contributed by atoms with van der Waals surface area (Å²) in [5.41, 5.74) is 2.98. The van der Waals surface area contributed by atoms with Crippen molar-refractivity contribution in [2.24, 2.45) is 0 Å². The van der Waals surface area contributed by atoms with E-state index >= 15 is 0 Å². The molecule has 0 aromatic heterocycles. The molecule has 3 nitrogen and oxygen atoms in total. The third kappa shape index (κ3) is 3.67. The van der Waals surface area contributed by atoms with Crippen molar-refractivity contribution >= 4 is 23.5 Å². The Kier molecular flexibility index (Phi) is 4.86. The molecule has 2 aromatic carbocycles. The van der Waals surface area contributed by atoms with Gasteiger partial charge in [-0.3, -0.25) is 0 Å². The summed E-state index contributed by atoms with van der Waals surface area (Å²) in [7, 11) is 0. The van der Waals surface area contributed by atoms with E-state index in [0.29, 0.717) is 6.54 Å². The Morgan fingerprint density at radius 1 is 1.22 bits per heavy atom. The molecule has 1 heterocycles. The van der Waals surface area contributed by atoms with Gasteiger partial charge >= 0.3 is 6.03 Å². The van der Waals surface area contributed by atoms with Crippen LogP contribution in [0, 0.1) is 5.82 Å². The number of aryl methyl sites for hydroxylation is 1. The molecule has 1 aliphatic heterocycles. The molecule has 23 heavy (non-hydrogen) atoms. The van der Waals surface area contributed by atoms with E-state index in [1.807, 2.05) is 24.3 Å². The number of nitrogens with zero attached hydrogens (tertiary/aromatic N) is 1. The lowest BCUT2D eigenvalue weighted by Gasteiger charge is -2.24. The van der Waals surface area contributed by atoms with Gasteiger partial charge in [-0.2, -0.15) is 0 Å². The normalized spacial score (nSPS) is 17.3. The zero-order valence-electron chi connectivity index (χ0n) is 13.0.